The van der Waals surface area contributed by atoms with Crippen LogP contribution in [0.15, 0.2) is 0 Å². The van der Waals surface area contributed by atoms with Gasteiger partial charge >= 0.3 is 6.03 Å². The van der Waals surface area contributed by atoms with Crippen LogP contribution in [0.3, 0.4) is 0 Å². The molecule has 0 aromatic carbocycles. The lowest BCUT2D eigenvalue weighted by atomic mass is 9.52. The molecule has 114 valence electrons. The van der Waals surface area contributed by atoms with E-state index in [0.717, 1.165) is 49.9 Å². The fraction of sp³-hybridized carbons (Fsp3) is 0.882. The number of urea groups is 1. The van der Waals surface area contributed by atoms with Crippen LogP contribution in [0.2, 0.25) is 0 Å². The van der Waals surface area contributed by atoms with E-state index in [1.807, 2.05) is 4.90 Å². The van der Waals surface area contributed by atoms with Crippen molar-refractivity contribution in [3.8, 4) is 0 Å². The Morgan fingerprint density at radius 3 is 2.00 bits per heavy atom. The highest BCUT2D eigenvalue weighted by atomic mass is 16.2. The van der Waals surface area contributed by atoms with Gasteiger partial charge in [-0.05, 0) is 69.1 Å². The number of carbonyl (C=O) groups is 2. The first-order chi connectivity index (χ1) is 10.1. The van der Waals surface area contributed by atoms with Gasteiger partial charge in [-0.1, -0.05) is 0 Å². The number of imide groups is 1. The molecule has 3 amide bonds. The van der Waals surface area contributed by atoms with E-state index in [0.29, 0.717) is 19.0 Å². The Morgan fingerprint density at radius 2 is 1.48 bits per heavy atom. The molecule has 1 saturated heterocycles. The van der Waals surface area contributed by atoms with E-state index < -0.39 is 0 Å². The smallest absolute Gasteiger partial charge is 0.321 e. The third kappa shape index (κ3) is 1.74. The average Bonchev–Trinajstić information content (AvgIpc) is 3.21. The maximum atomic E-state index is 13.0. The summed E-state index contributed by atoms with van der Waals surface area (Å²) in [6, 6.07) is 0.484. The molecule has 5 aliphatic carbocycles. The fourth-order valence-corrected chi connectivity index (χ4v) is 6.19. The summed E-state index contributed by atoms with van der Waals surface area (Å²) >= 11 is 0. The minimum Gasteiger partial charge on any atom is -0.321 e. The third-order valence-corrected chi connectivity index (χ3v) is 6.72. The van der Waals surface area contributed by atoms with Gasteiger partial charge in [0.25, 0.3) is 0 Å². The summed E-state index contributed by atoms with van der Waals surface area (Å²) in [5.41, 5.74) is -0.101. The zero-order chi connectivity index (χ0) is 14.2. The highest BCUT2D eigenvalue weighted by Crippen LogP contribution is 2.58. The molecule has 0 aromatic rings. The van der Waals surface area contributed by atoms with E-state index in [1.165, 1.54) is 19.3 Å². The van der Waals surface area contributed by atoms with Crippen molar-refractivity contribution in [3.05, 3.63) is 0 Å². The molecule has 0 N–H and O–H groups in total. The third-order valence-electron chi connectivity index (χ3n) is 6.72. The second-order valence-corrected chi connectivity index (χ2v) is 8.33. The highest BCUT2D eigenvalue weighted by Gasteiger charge is 2.58. The van der Waals surface area contributed by atoms with Gasteiger partial charge in [0.15, 0.2) is 0 Å². The monoisotopic (exact) mass is 288 g/mol. The number of hydrogen-bond acceptors (Lipinski definition) is 2. The molecule has 0 atom stereocenters. The van der Waals surface area contributed by atoms with E-state index in [1.54, 1.807) is 4.90 Å². The first kappa shape index (κ1) is 12.5. The maximum absolute atomic E-state index is 13.0. The zero-order valence-corrected chi connectivity index (χ0v) is 12.6. The summed E-state index contributed by atoms with van der Waals surface area (Å²) in [5, 5.41) is 0. The summed E-state index contributed by atoms with van der Waals surface area (Å²) in [6.07, 6.45) is 10.1. The number of amides is 3. The molecule has 5 saturated carbocycles. The van der Waals surface area contributed by atoms with Gasteiger partial charge in [0.05, 0.1) is 5.54 Å². The van der Waals surface area contributed by atoms with Gasteiger partial charge in [-0.2, -0.15) is 0 Å². The second-order valence-electron chi connectivity index (χ2n) is 8.33. The molecule has 0 spiro atoms. The predicted molar refractivity (Wildman–Crippen MR) is 77.5 cm³/mol. The maximum Gasteiger partial charge on any atom is 0.327 e. The van der Waals surface area contributed by atoms with Crippen LogP contribution in [0.4, 0.5) is 4.79 Å². The van der Waals surface area contributed by atoms with Crippen LogP contribution in [0, 0.1) is 17.8 Å². The highest BCUT2D eigenvalue weighted by molar-refractivity contribution is 5.98. The SMILES string of the molecule is O=C1CCN(C2CC2)C(=O)N1C12CC3CC(CC(C3)C1)C2. The van der Waals surface area contributed by atoms with Gasteiger partial charge in [-0.25, -0.2) is 4.79 Å². The van der Waals surface area contributed by atoms with Crippen LogP contribution >= 0.6 is 0 Å². The van der Waals surface area contributed by atoms with Gasteiger partial charge in [-0.3, -0.25) is 9.69 Å². The van der Waals surface area contributed by atoms with Gasteiger partial charge in [0, 0.05) is 19.0 Å². The van der Waals surface area contributed by atoms with Gasteiger partial charge in [0.2, 0.25) is 5.91 Å². The quantitative estimate of drug-likeness (QED) is 0.784. The summed E-state index contributed by atoms with van der Waals surface area (Å²) in [7, 11) is 0. The largest absolute Gasteiger partial charge is 0.327 e. The van der Waals surface area contributed by atoms with Crippen LogP contribution in [-0.4, -0.2) is 39.9 Å². The minimum atomic E-state index is -0.101. The lowest BCUT2D eigenvalue weighted by Crippen LogP contribution is -2.67. The van der Waals surface area contributed by atoms with E-state index in [2.05, 4.69) is 0 Å². The van der Waals surface area contributed by atoms with Crippen molar-refractivity contribution in [2.75, 3.05) is 6.54 Å². The Bertz CT molecular complexity index is 476. The number of carbonyl (C=O) groups excluding carboxylic acids is 2. The summed E-state index contributed by atoms with van der Waals surface area (Å²) in [5.74, 6) is 2.42. The molecule has 4 nitrogen and oxygen atoms in total. The number of rotatable bonds is 2. The van der Waals surface area contributed by atoms with Crippen molar-refractivity contribution in [2.45, 2.75) is 69.4 Å². The Morgan fingerprint density at radius 1 is 0.905 bits per heavy atom. The van der Waals surface area contributed by atoms with Crippen molar-refractivity contribution < 1.29 is 9.59 Å². The van der Waals surface area contributed by atoms with Crippen LogP contribution in [-0.2, 0) is 4.79 Å². The second kappa shape index (κ2) is 4.02. The lowest BCUT2D eigenvalue weighted by molar-refractivity contribution is -0.147. The van der Waals surface area contributed by atoms with E-state index in [9.17, 15) is 9.59 Å². The molecule has 6 rings (SSSR count). The number of hydrogen-bond donors (Lipinski definition) is 0. The Balaban J connectivity index is 1.49. The minimum absolute atomic E-state index is 0.0516. The summed E-state index contributed by atoms with van der Waals surface area (Å²) in [6.45, 7) is 0.658. The van der Waals surface area contributed by atoms with Gasteiger partial charge < -0.3 is 4.90 Å². The summed E-state index contributed by atoms with van der Waals surface area (Å²) in [4.78, 5) is 29.3. The molecule has 6 fully saturated rings. The van der Waals surface area contributed by atoms with Gasteiger partial charge in [-0.15, -0.1) is 0 Å². The Kier molecular flexibility index (Phi) is 2.39. The predicted octanol–water partition coefficient (Wildman–Crippen LogP) is 2.77. The molecule has 1 aliphatic heterocycles. The molecule has 21 heavy (non-hydrogen) atoms. The van der Waals surface area contributed by atoms with Crippen molar-refractivity contribution in [1.82, 2.24) is 9.80 Å². The molecular weight excluding hydrogens is 264 g/mol. The molecule has 4 bridgehead atoms. The van der Waals surface area contributed by atoms with E-state index >= 15 is 0 Å². The molecule has 0 aromatic heterocycles. The van der Waals surface area contributed by atoms with Crippen molar-refractivity contribution in [1.29, 1.82) is 0 Å². The van der Waals surface area contributed by atoms with Crippen LogP contribution < -0.4 is 0 Å². The molecule has 0 unspecified atom stereocenters. The Hall–Kier alpha value is -1.06. The Labute approximate surface area is 125 Å². The fourth-order valence-electron chi connectivity index (χ4n) is 6.19. The van der Waals surface area contributed by atoms with E-state index in [-0.39, 0.29) is 17.5 Å². The standard InChI is InChI=1S/C17H24N2O2/c20-15-3-4-18(14-1-2-14)16(21)19(15)17-8-11-5-12(9-17)7-13(6-11)10-17/h11-14H,1-10H2. The van der Waals surface area contributed by atoms with E-state index in [4.69, 9.17) is 0 Å². The normalized spacial score (nSPS) is 45.6. The average molecular weight is 288 g/mol. The van der Waals surface area contributed by atoms with Crippen molar-refractivity contribution in [3.63, 3.8) is 0 Å². The molecule has 0 radical (unpaired) electrons. The van der Waals surface area contributed by atoms with Crippen LogP contribution in [0.25, 0.3) is 0 Å². The van der Waals surface area contributed by atoms with Gasteiger partial charge in [0.1, 0.15) is 0 Å². The molecular formula is C17H24N2O2. The van der Waals surface area contributed by atoms with Crippen molar-refractivity contribution >= 4 is 11.9 Å². The van der Waals surface area contributed by atoms with Crippen molar-refractivity contribution in [2.24, 2.45) is 17.8 Å². The van der Waals surface area contributed by atoms with Crippen LogP contribution in [0.5, 0.6) is 0 Å². The molecule has 6 aliphatic rings. The number of nitrogens with zero attached hydrogens (tertiary/aromatic N) is 2. The molecule has 4 heteroatoms. The first-order valence-corrected chi connectivity index (χ1v) is 8.78. The zero-order valence-electron chi connectivity index (χ0n) is 12.6. The topological polar surface area (TPSA) is 40.6 Å². The van der Waals surface area contributed by atoms with Crippen LogP contribution in [0.1, 0.15) is 57.8 Å². The lowest BCUT2D eigenvalue weighted by Gasteiger charge is -2.60. The summed E-state index contributed by atoms with van der Waals surface area (Å²) < 4.78 is 0. The molecule has 1 heterocycles. The first-order valence-electron chi connectivity index (χ1n) is 8.78.